The molecule has 0 amide bonds. The van der Waals surface area contributed by atoms with Crippen molar-refractivity contribution in [2.24, 2.45) is 0 Å². The van der Waals surface area contributed by atoms with Crippen LogP contribution in [-0.4, -0.2) is 10.8 Å². The van der Waals surface area contributed by atoms with Gasteiger partial charge in [-0.1, -0.05) is 11.6 Å². The van der Waals surface area contributed by atoms with Gasteiger partial charge in [-0.05, 0) is 12.1 Å². The van der Waals surface area contributed by atoms with Crippen molar-refractivity contribution in [1.29, 1.82) is 5.26 Å². The summed E-state index contributed by atoms with van der Waals surface area (Å²) >= 11 is 5.92. The van der Waals surface area contributed by atoms with Crippen molar-refractivity contribution in [2.45, 2.75) is 18.3 Å². The van der Waals surface area contributed by atoms with Crippen molar-refractivity contribution in [2.75, 3.05) is 0 Å². The van der Waals surface area contributed by atoms with Gasteiger partial charge >= 0.3 is 0 Å². The second-order valence-electron chi connectivity index (χ2n) is 3.42. The lowest BCUT2D eigenvalue weighted by Crippen LogP contribution is -2.41. The maximum absolute atomic E-state index is 10.9. The fourth-order valence-corrected chi connectivity index (χ4v) is 1.96. The van der Waals surface area contributed by atoms with E-state index in [9.17, 15) is 4.79 Å². The first-order valence-corrected chi connectivity index (χ1v) is 4.60. The lowest BCUT2D eigenvalue weighted by molar-refractivity contribution is -0.126. The van der Waals surface area contributed by atoms with Crippen LogP contribution >= 0.6 is 11.6 Å². The standard InChI is InChI=1S/C10H7ClN2O/c11-8-2-1-3-13-9(8)10(6-12)4-7(14)5-10/h1-3H,4-5H2. The summed E-state index contributed by atoms with van der Waals surface area (Å²) in [6.45, 7) is 0. The number of halogens is 1. The normalized spacial score (nSPS) is 18.4. The van der Waals surface area contributed by atoms with E-state index in [4.69, 9.17) is 16.9 Å². The Balaban J connectivity index is 2.45. The summed E-state index contributed by atoms with van der Waals surface area (Å²) in [6, 6.07) is 5.53. The van der Waals surface area contributed by atoms with Gasteiger partial charge in [-0.3, -0.25) is 9.78 Å². The molecule has 3 nitrogen and oxygen atoms in total. The summed E-state index contributed by atoms with van der Waals surface area (Å²) in [4.78, 5) is 15.0. The fraction of sp³-hybridized carbons (Fsp3) is 0.300. The van der Waals surface area contributed by atoms with E-state index in [-0.39, 0.29) is 18.6 Å². The van der Waals surface area contributed by atoms with Gasteiger partial charge in [0.15, 0.2) is 0 Å². The molecule has 1 heterocycles. The van der Waals surface area contributed by atoms with Crippen LogP contribution in [0.25, 0.3) is 0 Å². The number of nitrogens with zero attached hydrogens (tertiary/aromatic N) is 2. The van der Waals surface area contributed by atoms with Crippen LogP contribution in [-0.2, 0) is 10.2 Å². The Morgan fingerprint density at radius 3 is 2.79 bits per heavy atom. The third kappa shape index (κ3) is 1.19. The highest BCUT2D eigenvalue weighted by Gasteiger charge is 2.47. The van der Waals surface area contributed by atoms with Crippen LogP contribution < -0.4 is 0 Å². The Labute approximate surface area is 86.3 Å². The zero-order valence-electron chi connectivity index (χ0n) is 7.33. The molecule has 0 spiro atoms. The smallest absolute Gasteiger partial charge is 0.136 e. The van der Waals surface area contributed by atoms with Crippen LogP contribution in [0.4, 0.5) is 0 Å². The second kappa shape index (κ2) is 3.07. The van der Waals surface area contributed by atoms with Crippen LogP contribution in [0.2, 0.25) is 5.02 Å². The van der Waals surface area contributed by atoms with Gasteiger partial charge in [-0.25, -0.2) is 0 Å². The number of hydrogen-bond acceptors (Lipinski definition) is 3. The van der Waals surface area contributed by atoms with Crippen molar-refractivity contribution < 1.29 is 4.79 Å². The molecule has 0 unspecified atom stereocenters. The van der Waals surface area contributed by atoms with E-state index in [2.05, 4.69) is 11.1 Å². The number of carbonyl (C=O) groups excluding carboxylic acids is 1. The highest BCUT2D eigenvalue weighted by molar-refractivity contribution is 6.31. The highest BCUT2D eigenvalue weighted by atomic mass is 35.5. The summed E-state index contributed by atoms with van der Waals surface area (Å²) in [6.07, 6.45) is 2.06. The average molecular weight is 207 g/mol. The summed E-state index contributed by atoms with van der Waals surface area (Å²) in [5.41, 5.74) is -0.237. The fourth-order valence-electron chi connectivity index (χ4n) is 1.66. The first-order valence-electron chi connectivity index (χ1n) is 4.22. The maximum atomic E-state index is 10.9. The number of hydrogen-bond donors (Lipinski definition) is 0. The lowest BCUT2D eigenvalue weighted by atomic mass is 9.66. The van der Waals surface area contributed by atoms with Crippen molar-refractivity contribution in [3.63, 3.8) is 0 Å². The zero-order chi connectivity index (χ0) is 10.2. The molecule has 2 rings (SSSR count). The van der Waals surface area contributed by atoms with Crippen molar-refractivity contribution >= 4 is 17.4 Å². The Hall–Kier alpha value is -1.40. The number of carbonyl (C=O) groups is 1. The molecular formula is C10H7ClN2O. The van der Waals surface area contributed by atoms with Crippen LogP contribution in [0, 0.1) is 11.3 Å². The van der Waals surface area contributed by atoms with Gasteiger partial charge in [0.25, 0.3) is 0 Å². The Morgan fingerprint density at radius 1 is 1.57 bits per heavy atom. The molecule has 1 aliphatic rings. The molecule has 0 atom stereocenters. The van der Waals surface area contributed by atoms with Gasteiger partial charge in [0.05, 0.1) is 16.8 Å². The van der Waals surface area contributed by atoms with Crippen LogP contribution in [0.3, 0.4) is 0 Å². The van der Waals surface area contributed by atoms with Crippen LogP contribution in [0.5, 0.6) is 0 Å². The van der Waals surface area contributed by atoms with E-state index in [0.29, 0.717) is 10.7 Å². The van der Waals surface area contributed by atoms with Crippen LogP contribution in [0.1, 0.15) is 18.5 Å². The minimum absolute atomic E-state index is 0.0910. The third-order valence-electron chi connectivity index (χ3n) is 2.42. The predicted molar refractivity (Wildman–Crippen MR) is 50.8 cm³/mol. The Bertz CT molecular complexity index is 428. The molecule has 1 aliphatic carbocycles. The molecule has 1 aromatic rings. The first kappa shape index (κ1) is 9.17. The summed E-state index contributed by atoms with van der Waals surface area (Å²) in [5, 5.41) is 9.49. The van der Waals surface area contributed by atoms with E-state index in [1.807, 2.05) is 0 Å². The summed E-state index contributed by atoms with van der Waals surface area (Å²) in [5.74, 6) is 0.0910. The highest BCUT2D eigenvalue weighted by Crippen LogP contribution is 2.42. The quantitative estimate of drug-likeness (QED) is 0.705. The monoisotopic (exact) mass is 206 g/mol. The molecule has 0 aliphatic heterocycles. The third-order valence-corrected chi connectivity index (χ3v) is 2.73. The van der Waals surface area contributed by atoms with Gasteiger partial charge in [-0.15, -0.1) is 0 Å². The zero-order valence-corrected chi connectivity index (χ0v) is 8.08. The van der Waals surface area contributed by atoms with Gasteiger partial charge < -0.3 is 0 Å². The molecule has 0 aromatic carbocycles. The molecule has 1 aromatic heterocycles. The molecule has 1 saturated carbocycles. The second-order valence-corrected chi connectivity index (χ2v) is 3.83. The lowest BCUT2D eigenvalue weighted by Gasteiger charge is -2.33. The SMILES string of the molecule is N#CC1(c2ncccc2Cl)CC(=O)C1. The maximum Gasteiger partial charge on any atom is 0.136 e. The number of rotatable bonds is 1. The molecular weight excluding hydrogens is 200 g/mol. The van der Waals surface area contributed by atoms with Gasteiger partial charge in [0.1, 0.15) is 11.2 Å². The molecule has 0 saturated heterocycles. The van der Waals surface area contributed by atoms with E-state index in [1.165, 1.54) is 0 Å². The largest absolute Gasteiger partial charge is 0.300 e. The molecule has 0 N–H and O–H groups in total. The molecule has 4 heteroatoms. The number of nitriles is 1. The van der Waals surface area contributed by atoms with Gasteiger partial charge in [-0.2, -0.15) is 5.26 Å². The molecule has 70 valence electrons. The molecule has 1 fully saturated rings. The topological polar surface area (TPSA) is 53.8 Å². The minimum Gasteiger partial charge on any atom is -0.300 e. The van der Waals surface area contributed by atoms with Gasteiger partial charge in [0.2, 0.25) is 0 Å². The Kier molecular flexibility index (Phi) is 2.01. The van der Waals surface area contributed by atoms with E-state index in [0.717, 1.165) is 0 Å². The van der Waals surface area contributed by atoms with Crippen LogP contribution in [0.15, 0.2) is 18.3 Å². The summed E-state index contributed by atoms with van der Waals surface area (Å²) in [7, 11) is 0. The minimum atomic E-state index is -0.768. The van der Waals surface area contributed by atoms with Crippen molar-refractivity contribution in [1.82, 2.24) is 4.98 Å². The average Bonchev–Trinajstić information content (AvgIpc) is 2.14. The predicted octanol–water partition coefficient (Wildman–Crippen LogP) is 1.86. The van der Waals surface area contributed by atoms with E-state index < -0.39 is 5.41 Å². The number of ketones is 1. The van der Waals surface area contributed by atoms with E-state index in [1.54, 1.807) is 18.3 Å². The summed E-state index contributed by atoms with van der Waals surface area (Å²) < 4.78 is 0. The number of Topliss-reactive ketones (excluding diaryl/α,β-unsaturated/α-hetero) is 1. The Morgan fingerprint density at radius 2 is 2.29 bits per heavy atom. The van der Waals surface area contributed by atoms with Crippen molar-refractivity contribution in [3.05, 3.63) is 29.0 Å². The number of aromatic nitrogens is 1. The molecule has 0 bridgehead atoms. The molecule has 14 heavy (non-hydrogen) atoms. The molecule has 0 radical (unpaired) electrons. The number of pyridine rings is 1. The van der Waals surface area contributed by atoms with Crippen molar-refractivity contribution in [3.8, 4) is 6.07 Å². The van der Waals surface area contributed by atoms with E-state index >= 15 is 0 Å². The first-order chi connectivity index (χ1) is 6.68. The van der Waals surface area contributed by atoms with Gasteiger partial charge in [0, 0.05) is 19.0 Å².